The molecule has 3 nitrogen and oxygen atoms in total. The summed E-state index contributed by atoms with van der Waals surface area (Å²) in [6.45, 7) is 0. The molecule has 0 amide bonds. The number of rotatable bonds is 1. The highest BCUT2D eigenvalue weighted by molar-refractivity contribution is 9.10. The molecule has 0 bridgehead atoms. The topological polar surface area (TPSA) is 38.7 Å². The molecular formula is C17H10BrN3. The Hall–Kier alpha value is -2.33. The molecule has 100 valence electrons. The first kappa shape index (κ1) is 12.4. The van der Waals surface area contributed by atoms with Crippen LogP contribution in [0.5, 0.6) is 0 Å². The summed E-state index contributed by atoms with van der Waals surface area (Å²) in [5, 5.41) is 1.08. The Morgan fingerprint density at radius 3 is 2.52 bits per heavy atom. The lowest BCUT2D eigenvalue weighted by molar-refractivity contribution is 1.29. The van der Waals surface area contributed by atoms with E-state index in [1.807, 2.05) is 48.5 Å². The fourth-order valence-electron chi connectivity index (χ4n) is 2.37. The number of hydrogen-bond acceptors (Lipinski definition) is 3. The summed E-state index contributed by atoms with van der Waals surface area (Å²) in [5.74, 6) is 0. The van der Waals surface area contributed by atoms with E-state index < -0.39 is 0 Å². The first-order valence-electron chi connectivity index (χ1n) is 6.58. The van der Waals surface area contributed by atoms with Gasteiger partial charge in [0.15, 0.2) is 0 Å². The summed E-state index contributed by atoms with van der Waals surface area (Å²) in [6.07, 6.45) is 3.59. The van der Waals surface area contributed by atoms with Crippen molar-refractivity contribution < 1.29 is 0 Å². The number of halogens is 1. The van der Waals surface area contributed by atoms with Gasteiger partial charge < -0.3 is 0 Å². The molecule has 2 heterocycles. The first-order valence-corrected chi connectivity index (χ1v) is 7.37. The van der Waals surface area contributed by atoms with Crippen LogP contribution in [0.15, 0.2) is 65.4 Å². The van der Waals surface area contributed by atoms with Gasteiger partial charge in [0, 0.05) is 21.6 Å². The summed E-state index contributed by atoms with van der Waals surface area (Å²) < 4.78 is 1.05. The summed E-state index contributed by atoms with van der Waals surface area (Å²) in [7, 11) is 0. The molecule has 4 aromatic rings. The molecule has 0 atom stereocenters. The summed E-state index contributed by atoms with van der Waals surface area (Å²) in [4.78, 5) is 13.7. The molecule has 0 aliphatic rings. The van der Waals surface area contributed by atoms with Crippen molar-refractivity contribution in [3.05, 3.63) is 65.4 Å². The number of hydrogen-bond donors (Lipinski definition) is 0. The predicted molar refractivity (Wildman–Crippen MR) is 88.0 cm³/mol. The molecule has 0 saturated carbocycles. The molecule has 21 heavy (non-hydrogen) atoms. The molecule has 0 spiro atoms. The Bertz CT molecular complexity index is 949. The second-order valence-electron chi connectivity index (χ2n) is 4.77. The van der Waals surface area contributed by atoms with Gasteiger partial charge in [-0.3, -0.25) is 9.97 Å². The van der Waals surface area contributed by atoms with E-state index in [4.69, 9.17) is 4.98 Å². The van der Waals surface area contributed by atoms with E-state index in [1.54, 1.807) is 12.4 Å². The van der Waals surface area contributed by atoms with Crippen LogP contribution in [0, 0.1) is 0 Å². The van der Waals surface area contributed by atoms with Gasteiger partial charge in [-0.15, -0.1) is 0 Å². The maximum atomic E-state index is 4.76. The van der Waals surface area contributed by atoms with Gasteiger partial charge >= 0.3 is 0 Å². The zero-order valence-electron chi connectivity index (χ0n) is 11.0. The van der Waals surface area contributed by atoms with Crippen molar-refractivity contribution in [1.82, 2.24) is 15.0 Å². The van der Waals surface area contributed by atoms with Crippen LogP contribution in [0.25, 0.3) is 33.2 Å². The molecule has 0 N–H and O–H groups in total. The lowest BCUT2D eigenvalue weighted by Crippen LogP contribution is -1.91. The summed E-state index contributed by atoms with van der Waals surface area (Å²) in [5.41, 5.74) is 4.49. The van der Waals surface area contributed by atoms with Gasteiger partial charge in [0.1, 0.15) is 5.52 Å². The van der Waals surface area contributed by atoms with Crippen LogP contribution in [0.4, 0.5) is 0 Å². The summed E-state index contributed by atoms with van der Waals surface area (Å²) >= 11 is 3.44. The van der Waals surface area contributed by atoms with Crippen molar-refractivity contribution in [3.63, 3.8) is 0 Å². The molecule has 2 aromatic heterocycles. The number of aromatic nitrogens is 3. The van der Waals surface area contributed by atoms with Gasteiger partial charge in [0.25, 0.3) is 0 Å². The number of nitrogens with zero attached hydrogens (tertiary/aromatic N) is 3. The SMILES string of the molecule is Brc1ccc(-c2cnc3ccc4cccnc4c3n2)cc1. The maximum Gasteiger partial charge on any atom is 0.116 e. The largest absolute Gasteiger partial charge is 0.254 e. The second kappa shape index (κ2) is 4.90. The highest BCUT2D eigenvalue weighted by Gasteiger charge is 2.07. The van der Waals surface area contributed by atoms with Crippen molar-refractivity contribution >= 4 is 37.9 Å². The van der Waals surface area contributed by atoms with Crippen molar-refractivity contribution in [3.8, 4) is 11.3 Å². The third-order valence-corrected chi connectivity index (χ3v) is 3.95. The Labute approximate surface area is 129 Å². The Balaban J connectivity index is 2.00. The number of benzene rings is 2. The van der Waals surface area contributed by atoms with Crippen LogP contribution >= 0.6 is 15.9 Å². The number of pyridine rings is 1. The van der Waals surface area contributed by atoms with Crippen LogP contribution in [0.3, 0.4) is 0 Å². The van der Waals surface area contributed by atoms with E-state index in [0.29, 0.717) is 0 Å². The molecule has 0 aliphatic heterocycles. The van der Waals surface area contributed by atoms with E-state index in [1.165, 1.54) is 0 Å². The molecular weight excluding hydrogens is 326 g/mol. The van der Waals surface area contributed by atoms with Gasteiger partial charge in [-0.1, -0.05) is 40.2 Å². The molecule has 0 unspecified atom stereocenters. The first-order chi connectivity index (χ1) is 10.3. The zero-order valence-corrected chi connectivity index (χ0v) is 12.6. The standard InChI is InChI=1S/C17H10BrN3/c18-13-6-3-11(4-7-13)15-10-20-14-8-5-12-2-1-9-19-16(12)17(14)21-15/h1-10H. The fourth-order valence-corrected chi connectivity index (χ4v) is 2.64. The molecule has 0 aliphatic carbocycles. The van der Waals surface area contributed by atoms with Crippen LogP contribution in [-0.2, 0) is 0 Å². The normalized spacial score (nSPS) is 11.1. The van der Waals surface area contributed by atoms with E-state index in [0.717, 1.165) is 37.7 Å². The smallest absolute Gasteiger partial charge is 0.116 e. The van der Waals surface area contributed by atoms with Crippen LogP contribution in [0.1, 0.15) is 0 Å². The quantitative estimate of drug-likeness (QED) is 0.477. The van der Waals surface area contributed by atoms with Crippen LogP contribution < -0.4 is 0 Å². The average molecular weight is 336 g/mol. The summed E-state index contributed by atoms with van der Waals surface area (Å²) in [6, 6.07) is 16.0. The molecule has 2 aromatic carbocycles. The lowest BCUT2D eigenvalue weighted by atomic mass is 10.1. The Morgan fingerprint density at radius 2 is 1.67 bits per heavy atom. The minimum atomic E-state index is 0.841. The van der Waals surface area contributed by atoms with E-state index >= 15 is 0 Å². The molecule has 0 saturated heterocycles. The van der Waals surface area contributed by atoms with Gasteiger partial charge in [-0.25, -0.2) is 4.98 Å². The minimum absolute atomic E-state index is 0.841. The van der Waals surface area contributed by atoms with Crippen LogP contribution in [-0.4, -0.2) is 15.0 Å². The second-order valence-corrected chi connectivity index (χ2v) is 5.69. The number of fused-ring (bicyclic) bond motifs is 3. The third kappa shape index (κ3) is 2.17. The van der Waals surface area contributed by atoms with Crippen molar-refractivity contribution in [2.75, 3.05) is 0 Å². The fraction of sp³-hybridized carbons (Fsp3) is 0. The van der Waals surface area contributed by atoms with Crippen LogP contribution in [0.2, 0.25) is 0 Å². The molecule has 4 rings (SSSR count). The third-order valence-electron chi connectivity index (χ3n) is 3.42. The van der Waals surface area contributed by atoms with Gasteiger partial charge in [0.2, 0.25) is 0 Å². The minimum Gasteiger partial charge on any atom is -0.254 e. The van der Waals surface area contributed by atoms with E-state index in [-0.39, 0.29) is 0 Å². The Morgan fingerprint density at radius 1 is 0.810 bits per heavy atom. The predicted octanol–water partition coefficient (Wildman–Crippen LogP) is 4.61. The highest BCUT2D eigenvalue weighted by Crippen LogP contribution is 2.25. The van der Waals surface area contributed by atoms with Gasteiger partial charge in [0.05, 0.1) is 22.9 Å². The zero-order chi connectivity index (χ0) is 14.2. The van der Waals surface area contributed by atoms with Crippen molar-refractivity contribution in [1.29, 1.82) is 0 Å². The highest BCUT2D eigenvalue weighted by atomic mass is 79.9. The lowest BCUT2D eigenvalue weighted by Gasteiger charge is -2.05. The van der Waals surface area contributed by atoms with Crippen molar-refractivity contribution in [2.45, 2.75) is 0 Å². The monoisotopic (exact) mass is 335 g/mol. The van der Waals surface area contributed by atoms with E-state index in [2.05, 4.69) is 25.9 Å². The molecule has 0 fully saturated rings. The molecule has 4 heteroatoms. The Kier molecular flexibility index (Phi) is 2.89. The molecule has 0 radical (unpaired) electrons. The van der Waals surface area contributed by atoms with E-state index in [9.17, 15) is 0 Å². The average Bonchev–Trinajstić information content (AvgIpc) is 2.55. The van der Waals surface area contributed by atoms with Crippen molar-refractivity contribution in [2.24, 2.45) is 0 Å². The van der Waals surface area contributed by atoms with Gasteiger partial charge in [-0.2, -0.15) is 0 Å². The maximum absolute atomic E-state index is 4.76. The van der Waals surface area contributed by atoms with Gasteiger partial charge in [-0.05, 0) is 24.3 Å².